The maximum absolute atomic E-state index is 13.2. The summed E-state index contributed by atoms with van der Waals surface area (Å²) in [5, 5.41) is 3.96. The quantitative estimate of drug-likeness (QED) is 0.800. The first-order valence-corrected chi connectivity index (χ1v) is 6.89. The predicted octanol–water partition coefficient (Wildman–Crippen LogP) is 5.23. The average molecular weight is 296 g/mol. The van der Waals surface area contributed by atoms with Gasteiger partial charge in [-0.05, 0) is 36.1 Å². The molecule has 98 valence electrons. The molecule has 4 heteroatoms. The SMILES string of the molecule is Fc1cc(Cl)c(NC2CCc3ccccc32)c(Cl)c1. The summed E-state index contributed by atoms with van der Waals surface area (Å²) in [6.07, 6.45) is 2.02. The highest BCUT2D eigenvalue weighted by Crippen LogP contribution is 2.38. The third-order valence-electron chi connectivity index (χ3n) is 3.46. The third kappa shape index (κ3) is 2.43. The number of fused-ring (bicyclic) bond motifs is 1. The number of rotatable bonds is 2. The maximum atomic E-state index is 13.2. The highest BCUT2D eigenvalue weighted by Gasteiger charge is 2.23. The Kier molecular flexibility index (Phi) is 3.38. The van der Waals surface area contributed by atoms with Crippen LogP contribution in [0.3, 0.4) is 0 Å². The Morgan fingerprint density at radius 1 is 1.11 bits per heavy atom. The fourth-order valence-electron chi connectivity index (χ4n) is 2.56. The predicted molar refractivity (Wildman–Crippen MR) is 77.5 cm³/mol. The number of benzene rings is 2. The first kappa shape index (κ1) is 12.8. The molecule has 2 aromatic carbocycles. The van der Waals surface area contributed by atoms with Crippen molar-refractivity contribution in [1.29, 1.82) is 0 Å². The summed E-state index contributed by atoms with van der Waals surface area (Å²) in [7, 11) is 0. The van der Waals surface area contributed by atoms with Gasteiger partial charge in [-0.1, -0.05) is 47.5 Å². The lowest BCUT2D eigenvalue weighted by molar-refractivity contribution is 0.628. The Hall–Kier alpha value is -1.25. The molecule has 0 radical (unpaired) electrons. The molecule has 1 aliphatic rings. The van der Waals surface area contributed by atoms with Gasteiger partial charge in [0.05, 0.1) is 21.8 Å². The van der Waals surface area contributed by atoms with Gasteiger partial charge in [-0.2, -0.15) is 0 Å². The smallest absolute Gasteiger partial charge is 0.126 e. The van der Waals surface area contributed by atoms with E-state index < -0.39 is 5.82 Å². The molecule has 1 atom stereocenters. The van der Waals surface area contributed by atoms with Gasteiger partial charge in [0.1, 0.15) is 5.82 Å². The number of halogens is 3. The molecule has 0 amide bonds. The first-order chi connectivity index (χ1) is 9.15. The van der Waals surface area contributed by atoms with E-state index in [9.17, 15) is 4.39 Å². The van der Waals surface area contributed by atoms with Crippen LogP contribution in [0, 0.1) is 5.82 Å². The Morgan fingerprint density at radius 2 is 1.79 bits per heavy atom. The van der Waals surface area contributed by atoms with Crippen LogP contribution in [0.25, 0.3) is 0 Å². The summed E-state index contributed by atoms with van der Waals surface area (Å²) < 4.78 is 13.2. The van der Waals surface area contributed by atoms with E-state index in [4.69, 9.17) is 23.2 Å². The number of hydrogen-bond acceptors (Lipinski definition) is 1. The number of anilines is 1. The summed E-state index contributed by atoms with van der Waals surface area (Å²) in [6, 6.07) is 11.0. The van der Waals surface area contributed by atoms with Gasteiger partial charge in [-0.25, -0.2) is 4.39 Å². The van der Waals surface area contributed by atoms with Gasteiger partial charge in [-0.15, -0.1) is 0 Å². The molecule has 0 aromatic heterocycles. The second-order valence-corrected chi connectivity index (χ2v) is 5.49. The van der Waals surface area contributed by atoms with Crippen LogP contribution in [-0.4, -0.2) is 0 Å². The molecule has 19 heavy (non-hydrogen) atoms. The maximum Gasteiger partial charge on any atom is 0.126 e. The zero-order valence-electron chi connectivity index (χ0n) is 10.1. The minimum atomic E-state index is -0.424. The van der Waals surface area contributed by atoms with Crippen LogP contribution >= 0.6 is 23.2 Å². The monoisotopic (exact) mass is 295 g/mol. The zero-order valence-corrected chi connectivity index (χ0v) is 11.6. The van der Waals surface area contributed by atoms with Crippen LogP contribution in [-0.2, 0) is 6.42 Å². The number of aryl methyl sites for hydroxylation is 1. The topological polar surface area (TPSA) is 12.0 Å². The lowest BCUT2D eigenvalue weighted by Crippen LogP contribution is -2.08. The minimum absolute atomic E-state index is 0.177. The van der Waals surface area contributed by atoms with Gasteiger partial charge in [0.15, 0.2) is 0 Å². The molecule has 0 spiro atoms. The van der Waals surface area contributed by atoms with Crippen LogP contribution < -0.4 is 5.32 Å². The third-order valence-corrected chi connectivity index (χ3v) is 4.05. The fraction of sp³-hybridized carbons (Fsp3) is 0.200. The molecule has 0 bridgehead atoms. The number of hydrogen-bond donors (Lipinski definition) is 1. The van der Waals surface area contributed by atoms with Crippen molar-refractivity contribution >= 4 is 28.9 Å². The Labute approximate surface area is 121 Å². The zero-order chi connectivity index (χ0) is 13.4. The van der Waals surface area contributed by atoms with Crippen molar-refractivity contribution in [1.82, 2.24) is 0 Å². The molecule has 1 N–H and O–H groups in total. The van der Waals surface area contributed by atoms with Crippen molar-refractivity contribution in [2.75, 3.05) is 5.32 Å². The molecule has 1 aliphatic carbocycles. The normalized spacial score (nSPS) is 17.3. The lowest BCUT2D eigenvalue weighted by Gasteiger charge is -2.18. The second-order valence-electron chi connectivity index (χ2n) is 4.68. The summed E-state index contributed by atoms with van der Waals surface area (Å²) in [6.45, 7) is 0. The lowest BCUT2D eigenvalue weighted by atomic mass is 10.1. The molecule has 0 heterocycles. The molecule has 0 saturated carbocycles. The summed E-state index contributed by atoms with van der Waals surface area (Å²) >= 11 is 12.1. The summed E-state index contributed by atoms with van der Waals surface area (Å²) in [5.74, 6) is -0.424. The van der Waals surface area contributed by atoms with E-state index in [-0.39, 0.29) is 6.04 Å². The minimum Gasteiger partial charge on any atom is -0.376 e. The second kappa shape index (κ2) is 5.03. The highest BCUT2D eigenvalue weighted by molar-refractivity contribution is 6.39. The fourth-order valence-corrected chi connectivity index (χ4v) is 3.13. The highest BCUT2D eigenvalue weighted by atomic mass is 35.5. The van der Waals surface area contributed by atoms with E-state index in [0.29, 0.717) is 15.7 Å². The van der Waals surface area contributed by atoms with Crippen molar-refractivity contribution in [2.24, 2.45) is 0 Å². The van der Waals surface area contributed by atoms with Gasteiger partial charge in [0.25, 0.3) is 0 Å². The van der Waals surface area contributed by atoms with Gasteiger partial charge >= 0.3 is 0 Å². The summed E-state index contributed by atoms with van der Waals surface area (Å²) in [4.78, 5) is 0. The van der Waals surface area contributed by atoms with Crippen molar-refractivity contribution in [2.45, 2.75) is 18.9 Å². The first-order valence-electron chi connectivity index (χ1n) is 6.14. The van der Waals surface area contributed by atoms with Gasteiger partial charge in [0, 0.05) is 0 Å². The molecular weight excluding hydrogens is 284 g/mol. The standard InChI is InChI=1S/C15H12Cl2FN/c16-12-7-10(18)8-13(17)15(12)19-14-6-5-9-3-1-2-4-11(9)14/h1-4,7-8,14,19H,5-6H2. The molecule has 0 fully saturated rings. The molecule has 1 unspecified atom stereocenters. The molecule has 3 rings (SSSR count). The van der Waals surface area contributed by atoms with E-state index >= 15 is 0 Å². The largest absolute Gasteiger partial charge is 0.376 e. The van der Waals surface area contributed by atoms with Crippen LogP contribution in [0.4, 0.5) is 10.1 Å². The summed E-state index contributed by atoms with van der Waals surface area (Å²) in [5.41, 5.74) is 3.21. The van der Waals surface area contributed by atoms with Gasteiger partial charge < -0.3 is 5.32 Å². The molecule has 0 aliphatic heterocycles. The van der Waals surface area contributed by atoms with Gasteiger partial charge in [0.2, 0.25) is 0 Å². The van der Waals surface area contributed by atoms with Crippen molar-refractivity contribution in [3.05, 3.63) is 63.4 Å². The van der Waals surface area contributed by atoms with E-state index in [0.717, 1.165) is 12.8 Å². The van der Waals surface area contributed by atoms with E-state index in [1.165, 1.54) is 23.3 Å². The van der Waals surface area contributed by atoms with Crippen LogP contribution in [0.2, 0.25) is 10.0 Å². The number of nitrogens with one attached hydrogen (secondary N) is 1. The molecule has 0 saturated heterocycles. The Morgan fingerprint density at radius 3 is 2.53 bits per heavy atom. The van der Waals surface area contributed by atoms with Crippen LogP contribution in [0.15, 0.2) is 36.4 Å². The Balaban J connectivity index is 1.92. The van der Waals surface area contributed by atoms with Crippen molar-refractivity contribution < 1.29 is 4.39 Å². The van der Waals surface area contributed by atoms with Crippen LogP contribution in [0.1, 0.15) is 23.6 Å². The molecule has 2 aromatic rings. The van der Waals surface area contributed by atoms with E-state index in [1.54, 1.807) is 0 Å². The molecular formula is C15H12Cl2FN. The van der Waals surface area contributed by atoms with Crippen molar-refractivity contribution in [3.8, 4) is 0 Å². The van der Waals surface area contributed by atoms with E-state index in [2.05, 4.69) is 17.4 Å². The van der Waals surface area contributed by atoms with Gasteiger partial charge in [-0.3, -0.25) is 0 Å². The average Bonchev–Trinajstić information content (AvgIpc) is 2.77. The van der Waals surface area contributed by atoms with Crippen LogP contribution in [0.5, 0.6) is 0 Å². The molecule has 1 nitrogen and oxygen atoms in total. The van der Waals surface area contributed by atoms with Crippen molar-refractivity contribution in [3.63, 3.8) is 0 Å². The Bertz CT molecular complexity index is 604. The van der Waals surface area contributed by atoms with E-state index in [1.807, 2.05) is 12.1 Å².